The Balaban J connectivity index is 0.00000529. The average molecular weight is 457 g/mol. The Morgan fingerprint density at radius 2 is 1.96 bits per heavy atom. The minimum atomic E-state index is -2.90. The van der Waals surface area contributed by atoms with Gasteiger partial charge in [0.2, 0.25) is 0 Å². The van der Waals surface area contributed by atoms with E-state index in [0.717, 1.165) is 18.5 Å². The number of aliphatic imine (C=N–C) groups is 1. The lowest BCUT2D eigenvalue weighted by atomic mass is 10.2. The highest BCUT2D eigenvalue weighted by Gasteiger charge is 2.11. The fourth-order valence-electron chi connectivity index (χ4n) is 1.83. The Labute approximate surface area is 159 Å². The normalized spacial score (nSPS) is 12.4. The molecule has 5 nitrogen and oxygen atoms in total. The van der Waals surface area contributed by atoms with Gasteiger partial charge in [0.1, 0.15) is 0 Å². The summed E-state index contributed by atoms with van der Waals surface area (Å²) in [6.45, 7) is 4.32. The van der Waals surface area contributed by atoms with Crippen molar-refractivity contribution in [2.24, 2.45) is 4.99 Å². The molecule has 0 amide bonds. The van der Waals surface area contributed by atoms with Crippen molar-refractivity contribution < 1.29 is 18.3 Å². The van der Waals surface area contributed by atoms with Crippen molar-refractivity contribution in [2.75, 3.05) is 13.7 Å². The number of nitrogens with zero attached hydrogens (tertiary/aromatic N) is 1. The van der Waals surface area contributed by atoms with Crippen LogP contribution in [0.4, 0.5) is 8.78 Å². The quantitative estimate of drug-likeness (QED) is 0.355. The van der Waals surface area contributed by atoms with E-state index in [1.54, 1.807) is 12.1 Å². The van der Waals surface area contributed by atoms with Crippen LogP contribution in [0.15, 0.2) is 23.2 Å². The second-order valence-electron chi connectivity index (χ2n) is 5.01. The molecule has 0 aliphatic heterocycles. The maximum absolute atomic E-state index is 12.4. The predicted molar refractivity (Wildman–Crippen MR) is 103 cm³/mol. The van der Waals surface area contributed by atoms with Crippen molar-refractivity contribution in [1.82, 2.24) is 10.6 Å². The molecule has 24 heavy (non-hydrogen) atoms. The molecule has 0 saturated carbocycles. The van der Waals surface area contributed by atoms with E-state index in [1.807, 2.05) is 6.92 Å². The molecule has 0 radical (unpaired) electrons. The van der Waals surface area contributed by atoms with Crippen molar-refractivity contribution in [1.29, 1.82) is 0 Å². The molecule has 1 rings (SSSR count). The maximum atomic E-state index is 12.4. The molecule has 0 spiro atoms. The third-order valence-corrected chi connectivity index (χ3v) is 3.20. The average Bonchev–Trinajstić information content (AvgIpc) is 2.52. The number of nitrogens with one attached hydrogen (secondary N) is 2. The molecule has 0 saturated heterocycles. The Hall–Kier alpha value is -1.32. The van der Waals surface area contributed by atoms with E-state index in [2.05, 4.69) is 34.2 Å². The van der Waals surface area contributed by atoms with Crippen molar-refractivity contribution in [3.8, 4) is 11.5 Å². The fraction of sp³-hybridized carbons (Fsp3) is 0.562. The first-order valence-electron chi connectivity index (χ1n) is 7.66. The summed E-state index contributed by atoms with van der Waals surface area (Å²) in [6.07, 6.45) is 0.972. The Morgan fingerprint density at radius 1 is 1.25 bits per heavy atom. The molecule has 0 bridgehead atoms. The van der Waals surface area contributed by atoms with Crippen LogP contribution in [-0.4, -0.2) is 32.3 Å². The van der Waals surface area contributed by atoms with Crippen LogP contribution in [0.1, 0.15) is 32.8 Å². The number of rotatable bonds is 8. The lowest BCUT2D eigenvalue weighted by Crippen LogP contribution is -2.41. The maximum Gasteiger partial charge on any atom is 0.387 e. The highest BCUT2D eigenvalue weighted by molar-refractivity contribution is 14.0. The molecular weight excluding hydrogens is 431 g/mol. The van der Waals surface area contributed by atoms with E-state index >= 15 is 0 Å². The van der Waals surface area contributed by atoms with Crippen LogP contribution in [0.25, 0.3) is 0 Å². The van der Waals surface area contributed by atoms with Crippen LogP contribution in [0.5, 0.6) is 11.5 Å². The SMILES string of the molecule is CCNC(=NCc1ccc(OC)c(OC(F)F)c1)NC(C)CC.I. The van der Waals surface area contributed by atoms with E-state index in [4.69, 9.17) is 4.74 Å². The Morgan fingerprint density at radius 3 is 2.50 bits per heavy atom. The Kier molecular flexibility index (Phi) is 11.4. The summed E-state index contributed by atoms with van der Waals surface area (Å²) < 4.78 is 34.4. The molecule has 0 aliphatic rings. The highest BCUT2D eigenvalue weighted by Crippen LogP contribution is 2.29. The summed E-state index contributed by atoms with van der Waals surface area (Å²) in [4.78, 5) is 4.46. The highest BCUT2D eigenvalue weighted by atomic mass is 127. The molecule has 8 heteroatoms. The topological polar surface area (TPSA) is 54.9 Å². The van der Waals surface area contributed by atoms with E-state index in [-0.39, 0.29) is 35.5 Å². The number of alkyl halides is 2. The molecule has 1 atom stereocenters. The first-order chi connectivity index (χ1) is 11.0. The lowest BCUT2D eigenvalue weighted by molar-refractivity contribution is -0.0512. The smallest absolute Gasteiger partial charge is 0.387 e. The largest absolute Gasteiger partial charge is 0.493 e. The van der Waals surface area contributed by atoms with Gasteiger partial charge in [-0.3, -0.25) is 0 Å². The number of benzene rings is 1. The number of halogens is 3. The number of ether oxygens (including phenoxy) is 2. The predicted octanol–water partition coefficient (Wildman–Crippen LogP) is 3.77. The fourth-order valence-corrected chi connectivity index (χ4v) is 1.83. The minimum absolute atomic E-state index is 0. The van der Waals surface area contributed by atoms with Gasteiger partial charge in [-0.05, 0) is 38.0 Å². The van der Waals surface area contributed by atoms with Crippen LogP contribution in [0.2, 0.25) is 0 Å². The van der Waals surface area contributed by atoms with Gasteiger partial charge in [-0.25, -0.2) is 4.99 Å². The molecule has 0 aliphatic carbocycles. The van der Waals surface area contributed by atoms with E-state index in [0.29, 0.717) is 18.5 Å². The summed E-state index contributed by atoms with van der Waals surface area (Å²) in [6, 6.07) is 5.17. The second kappa shape index (κ2) is 12.1. The summed E-state index contributed by atoms with van der Waals surface area (Å²) in [5, 5.41) is 6.42. The summed E-state index contributed by atoms with van der Waals surface area (Å²) in [5.74, 6) is 0.965. The van der Waals surface area contributed by atoms with Gasteiger partial charge in [-0.2, -0.15) is 8.78 Å². The molecule has 2 N–H and O–H groups in total. The van der Waals surface area contributed by atoms with Crippen LogP contribution in [-0.2, 0) is 6.54 Å². The zero-order valence-electron chi connectivity index (χ0n) is 14.4. The molecule has 1 unspecified atom stereocenters. The van der Waals surface area contributed by atoms with Crippen LogP contribution < -0.4 is 20.1 Å². The number of guanidine groups is 1. The van der Waals surface area contributed by atoms with Gasteiger partial charge in [-0.1, -0.05) is 13.0 Å². The molecular formula is C16H26F2IN3O2. The van der Waals surface area contributed by atoms with Gasteiger partial charge in [0.15, 0.2) is 17.5 Å². The molecule has 138 valence electrons. The number of hydrogen-bond donors (Lipinski definition) is 2. The standard InChI is InChI=1S/C16H25F2N3O2.HI/c1-5-11(3)21-16(19-6-2)20-10-12-7-8-13(22-4)14(9-12)23-15(17)18;/h7-9,11,15H,5-6,10H2,1-4H3,(H2,19,20,21);1H. The number of methoxy groups -OCH3 is 1. The van der Waals surface area contributed by atoms with Gasteiger partial charge in [0.25, 0.3) is 0 Å². The van der Waals surface area contributed by atoms with Crippen molar-refractivity contribution in [2.45, 2.75) is 46.4 Å². The first-order valence-corrected chi connectivity index (χ1v) is 7.66. The minimum Gasteiger partial charge on any atom is -0.493 e. The van der Waals surface area contributed by atoms with E-state index < -0.39 is 6.61 Å². The van der Waals surface area contributed by atoms with Crippen molar-refractivity contribution >= 4 is 29.9 Å². The third kappa shape index (κ3) is 7.98. The number of hydrogen-bond acceptors (Lipinski definition) is 3. The molecule has 0 fully saturated rings. The van der Waals surface area contributed by atoms with Gasteiger partial charge in [-0.15, -0.1) is 24.0 Å². The molecule has 0 heterocycles. The second-order valence-corrected chi connectivity index (χ2v) is 5.01. The third-order valence-electron chi connectivity index (χ3n) is 3.20. The van der Waals surface area contributed by atoms with Gasteiger partial charge in [0, 0.05) is 12.6 Å². The van der Waals surface area contributed by atoms with Gasteiger partial charge in [0.05, 0.1) is 13.7 Å². The summed E-state index contributed by atoms with van der Waals surface area (Å²) >= 11 is 0. The van der Waals surface area contributed by atoms with Crippen LogP contribution >= 0.6 is 24.0 Å². The van der Waals surface area contributed by atoms with Crippen molar-refractivity contribution in [3.05, 3.63) is 23.8 Å². The van der Waals surface area contributed by atoms with Crippen LogP contribution in [0, 0.1) is 0 Å². The zero-order valence-corrected chi connectivity index (χ0v) is 16.8. The summed E-state index contributed by atoms with van der Waals surface area (Å²) in [7, 11) is 1.41. The monoisotopic (exact) mass is 457 g/mol. The van der Waals surface area contributed by atoms with Gasteiger partial charge < -0.3 is 20.1 Å². The van der Waals surface area contributed by atoms with Crippen LogP contribution in [0.3, 0.4) is 0 Å². The molecule has 1 aromatic carbocycles. The lowest BCUT2D eigenvalue weighted by Gasteiger charge is -2.16. The van der Waals surface area contributed by atoms with Gasteiger partial charge >= 0.3 is 6.61 Å². The van der Waals surface area contributed by atoms with Crippen molar-refractivity contribution in [3.63, 3.8) is 0 Å². The van der Waals surface area contributed by atoms with E-state index in [9.17, 15) is 8.78 Å². The van der Waals surface area contributed by atoms with E-state index in [1.165, 1.54) is 13.2 Å². The molecule has 1 aromatic rings. The molecule has 0 aromatic heterocycles. The zero-order chi connectivity index (χ0) is 17.2. The first kappa shape index (κ1) is 22.7. The summed E-state index contributed by atoms with van der Waals surface area (Å²) in [5.41, 5.74) is 0.753. The Bertz CT molecular complexity index is 516.